The smallest absolute Gasteiger partial charge is 0.297 e. The number of rotatable bonds is 8. The Morgan fingerprint density at radius 1 is 0.562 bits per heavy atom. The quantitative estimate of drug-likeness (QED) is 0.363. The minimum atomic E-state index is -8.03. The van der Waals surface area contributed by atoms with Crippen molar-refractivity contribution in [2.24, 2.45) is 0 Å². The van der Waals surface area contributed by atoms with Crippen LogP contribution in [0.2, 0.25) is 0 Å². The van der Waals surface area contributed by atoms with Crippen molar-refractivity contribution >= 4 is 0 Å². The first-order valence-corrected chi connectivity index (χ1v) is 6.95. The molecule has 1 aliphatic heterocycles. The number of hydrogen-bond acceptors (Lipinski definition) is 2. The fraction of sp³-hybridized carbons (Fsp3) is 1.00. The van der Waals surface area contributed by atoms with E-state index in [2.05, 4.69) is 9.47 Å². The zero-order valence-electron chi connectivity index (χ0n) is 13.7. The molecular formula is C11H3F19O2. The van der Waals surface area contributed by atoms with Gasteiger partial charge in [-0.05, 0) is 0 Å². The first-order valence-electron chi connectivity index (χ1n) is 6.95. The summed E-state index contributed by atoms with van der Waals surface area (Å²) in [6.07, 6.45) is -24.3. The lowest BCUT2D eigenvalue weighted by molar-refractivity contribution is -0.436. The third-order valence-corrected chi connectivity index (χ3v) is 3.80. The maximum Gasteiger partial charge on any atom is 0.423 e. The second kappa shape index (κ2) is 7.29. The van der Waals surface area contributed by atoms with Crippen LogP contribution in [0.4, 0.5) is 83.4 Å². The molecule has 0 aromatic rings. The molecule has 0 saturated carbocycles. The molecule has 1 heterocycles. The van der Waals surface area contributed by atoms with Gasteiger partial charge in [-0.15, -0.1) is 0 Å². The van der Waals surface area contributed by atoms with Gasteiger partial charge in [0, 0.05) is 0 Å². The third kappa shape index (κ3) is 3.35. The molecule has 2 atom stereocenters. The molecule has 0 aromatic heterocycles. The van der Waals surface area contributed by atoms with Crippen LogP contribution in [0, 0.1) is 0 Å². The molecule has 2 nitrogen and oxygen atoms in total. The summed E-state index contributed by atoms with van der Waals surface area (Å²) in [7, 11) is 0. The van der Waals surface area contributed by atoms with Crippen molar-refractivity contribution in [2.45, 2.75) is 66.6 Å². The van der Waals surface area contributed by atoms with Crippen LogP contribution < -0.4 is 0 Å². The van der Waals surface area contributed by atoms with E-state index >= 15 is 0 Å². The Bertz CT molecular complexity index is 701. The third-order valence-electron chi connectivity index (χ3n) is 3.80. The van der Waals surface area contributed by atoms with Gasteiger partial charge in [0.1, 0.15) is 0 Å². The molecule has 0 aliphatic carbocycles. The molecule has 21 heteroatoms. The topological polar surface area (TPSA) is 18.5 Å². The second-order valence-corrected chi connectivity index (χ2v) is 5.87. The molecular weight excluding hydrogens is 525 g/mol. The summed E-state index contributed by atoms with van der Waals surface area (Å²) in [5.41, 5.74) is 0. The molecule has 0 radical (unpaired) electrons. The molecule has 0 amide bonds. The number of ether oxygens (including phenoxy) is 2. The maximum absolute atomic E-state index is 14.0. The van der Waals surface area contributed by atoms with Crippen LogP contribution in [0.25, 0.3) is 0 Å². The molecule has 0 bridgehead atoms. The summed E-state index contributed by atoms with van der Waals surface area (Å²) in [6, 6.07) is 0. The molecule has 0 aromatic carbocycles. The van der Waals surface area contributed by atoms with Gasteiger partial charge in [-0.2, -0.15) is 65.9 Å². The predicted molar refractivity (Wildman–Crippen MR) is 56.4 cm³/mol. The Morgan fingerprint density at radius 3 is 1.25 bits per heavy atom. The molecule has 32 heavy (non-hydrogen) atoms. The van der Waals surface area contributed by atoms with Crippen molar-refractivity contribution in [3.05, 3.63) is 0 Å². The maximum atomic E-state index is 14.0. The summed E-state index contributed by atoms with van der Waals surface area (Å²) in [4.78, 5) is 0. The zero-order valence-corrected chi connectivity index (χ0v) is 13.7. The van der Waals surface area contributed by atoms with Crippen molar-refractivity contribution in [1.82, 2.24) is 0 Å². The van der Waals surface area contributed by atoms with Crippen LogP contribution >= 0.6 is 0 Å². The molecule has 1 aliphatic rings. The average Bonchev–Trinajstić information content (AvgIpc) is 2.85. The van der Waals surface area contributed by atoms with E-state index < -0.39 is 66.6 Å². The normalized spacial score (nSPS) is 26.3. The van der Waals surface area contributed by atoms with Crippen LogP contribution in [0.15, 0.2) is 0 Å². The second-order valence-electron chi connectivity index (χ2n) is 5.87. The first-order chi connectivity index (χ1) is 13.7. The monoisotopic (exact) mass is 528 g/mol. The summed E-state index contributed by atoms with van der Waals surface area (Å²) < 4.78 is 250. The Balaban J connectivity index is 3.59. The van der Waals surface area contributed by atoms with E-state index in [-0.39, 0.29) is 0 Å². The molecule has 2 unspecified atom stereocenters. The highest BCUT2D eigenvalue weighted by Gasteiger charge is 2.93. The average molecular weight is 528 g/mol. The molecule has 1 saturated heterocycles. The SMILES string of the molecule is FC(F)C(F)(F)C(F)(F)C(F)(F)C1OC(F)(F)C(F)(C(F)(F)C(F)(F)C(F)(F)C(F)F)O1. The molecule has 192 valence electrons. The van der Waals surface area contributed by atoms with Crippen molar-refractivity contribution < 1.29 is 92.9 Å². The van der Waals surface area contributed by atoms with Gasteiger partial charge < -0.3 is 0 Å². The largest absolute Gasteiger partial charge is 0.423 e. The lowest BCUT2D eigenvalue weighted by Crippen LogP contribution is -2.69. The molecule has 1 rings (SSSR count). The van der Waals surface area contributed by atoms with Crippen LogP contribution in [-0.2, 0) is 9.47 Å². The van der Waals surface area contributed by atoms with Gasteiger partial charge in [-0.25, -0.2) is 17.6 Å². The van der Waals surface area contributed by atoms with E-state index in [1.807, 2.05) is 0 Å². The summed E-state index contributed by atoms with van der Waals surface area (Å²) in [5.74, 6) is -53.0. The van der Waals surface area contributed by atoms with Gasteiger partial charge in [-0.1, -0.05) is 0 Å². The van der Waals surface area contributed by atoms with Gasteiger partial charge >= 0.3 is 60.3 Å². The van der Waals surface area contributed by atoms with E-state index in [4.69, 9.17) is 0 Å². The lowest BCUT2D eigenvalue weighted by Gasteiger charge is -2.38. The highest BCUT2D eigenvalue weighted by molar-refractivity contribution is 5.11. The predicted octanol–water partition coefficient (Wildman–Crippen LogP) is 5.96. The van der Waals surface area contributed by atoms with E-state index in [1.165, 1.54) is 0 Å². The zero-order chi connectivity index (χ0) is 26.1. The van der Waals surface area contributed by atoms with Crippen LogP contribution in [0.5, 0.6) is 0 Å². The van der Waals surface area contributed by atoms with Crippen LogP contribution in [0.3, 0.4) is 0 Å². The fourth-order valence-electron chi connectivity index (χ4n) is 1.91. The Morgan fingerprint density at radius 2 is 0.906 bits per heavy atom. The number of alkyl halides is 19. The Hall–Kier alpha value is -1.41. The van der Waals surface area contributed by atoms with Crippen molar-refractivity contribution in [1.29, 1.82) is 0 Å². The van der Waals surface area contributed by atoms with Crippen molar-refractivity contribution in [3.8, 4) is 0 Å². The van der Waals surface area contributed by atoms with Gasteiger partial charge in [0.15, 0.2) is 0 Å². The number of hydrogen-bond donors (Lipinski definition) is 0. The van der Waals surface area contributed by atoms with Crippen LogP contribution in [0.1, 0.15) is 0 Å². The molecule has 0 N–H and O–H groups in total. The van der Waals surface area contributed by atoms with Gasteiger partial charge in [0.2, 0.25) is 6.29 Å². The van der Waals surface area contributed by atoms with E-state index in [0.717, 1.165) is 0 Å². The highest BCUT2D eigenvalue weighted by Crippen LogP contribution is 2.63. The fourth-order valence-corrected chi connectivity index (χ4v) is 1.91. The Labute approximate surface area is 161 Å². The van der Waals surface area contributed by atoms with Gasteiger partial charge in [0.25, 0.3) is 0 Å². The first kappa shape index (κ1) is 28.6. The van der Waals surface area contributed by atoms with Crippen molar-refractivity contribution in [3.63, 3.8) is 0 Å². The summed E-state index contributed by atoms with van der Waals surface area (Å²) >= 11 is 0. The molecule has 0 spiro atoms. The minimum absolute atomic E-state index is 2.16. The van der Waals surface area contributed by atoms with Gasteiger partial charge in [-0.3, -0.25) is 9.47 Å². The summed E-state index contributed by atoms with van der Waals surface area (Å²) in [6.45, 7) is 0. The standard InChI is InChI=1S/C11H3F19O2/c12-1(13)4(16,17)7(22,23)6(20,21)3-31-10(28,11(29,30)32-3)9(26,27)8(24,25)5(18,19)2(14)15/h1-3H. The van der Waals surface area contributed by atoms with E-state index in [9.17, 15) is 83.4 Å². The van der Waals surface area contributed by atoms with E-state index in [0.29, 0.717) is 0 Å². The van der Waals surface area contributed by atoms with E-state index in [1.54, 1.807) is 0 Å². The van der Waals surface area contributed by atoms with Gasteiger partial charge in [0.05, 0.1) is 0 Å². The number of halogens is 19. The Kier molecular flexibility index (Phi) is 6.52. The van der Waals surface area contributed by atoms with Crippen molar-refractivity contribution in [2.75, 3.05) is 0 Å². The highest BCUT2D eigenvalue weighted by atomic mass is 19.4. The summed E-state index contributed by atoms with van der Waals surface area (Å²) in [5, 5.41) is 0. The lowest BCUT2D eigenvalue weighted by atomic mass is 9.97. The molecule has 1 fully saturated rings. The minimum Gasteiger partial charge on any atom is -0.297 e. The van der Waals surface area contributed by atoms with Crippen LogP contribution in [-0.4, -0.2) is 66.6 Å².